The van der Waals surface area contributed by atoms with E-state index in [1.807, 2.05) is 0 Å². The summed E-state index contributed by atoms with van der Waals surface area (Å²) in [6.07, 6.45) is 35.2. The van der Waals surface area contributed by atoms with Gasteiger partial charge in [0.25, 0.3) is 0 Å². The molecule has 0 unspecified atom stereocenters. The molecular formula is C36H66O5. The fourth-order valence-electron chi connectivity index (χ4n) is 5.06. The first-order valence-corrected chi connectivity index (χ1v) is 17.4. The van der Waals surface area contributed by atoms with Crippen LogP contribution in [-0.4, -0.2) is 34.4 Å². The van der Waals surface area contributed by atoms with Gasteiger partial charge < -0.3 is 14.9 Å². The van der Waals surface area contributed by atoms with Crippen LogP contribution in [0.1, 0.15) is 181 Å². The minimum Gasteiger partial charge on any atom is -0.481 e. The first-order chi connectivity index (χ1) is 20.0. The van der Waals surface area contributed by atoms with E-state index in [4.69, 9.17) is 9.84 Å². The Labute approximate surface area is 253 Å². The van der Waals surface area contributed by atoms with Gasteiger partial charge in [0.05, 0.1) is 6.10 Å². The van der Waals surface area contributed by atoms with Crippen LogP contribution in [0.5, 0.6) is 0 Å². The van der Waals surface area contributed by atoms with Crippen LogP contribution in [0.2, 0.25) is 0 Å². The number of rotatable bonds is 31. The van der Waals surface area contributed by atoms with Crippen molar-refractivity contribution in [3.8, 4) is 0 Å². The molecule has 0 spiro atoms. The van der Waals surface area contributed by atoms with Gasteiger partial charge in [-0.25, -0.2) is 0 Å². The number of carbonyl (C=O) groups excluding carboxylic acids is 1. The number of esters is 1. The summed E-state index contributed by atoms with van der Waals surface area (Å²) in [6.45, 7) is 4.42. The Hall–Kier alpha value is -1.62. The van der Waals surface area contributed by atoms with Gasteiger partial charge in [0.2, 0.25) is 0 Å². The van der Waals surface area contributed by atoms with E-state index in [1.54, 1.807) is 0 Å². The Kier molecular flexibility index (Phi) is 30.1. The predicted octanol–water partition coefficient (Wildman–Crippen LogP) is 10.6. The fourth-order valence-corrected chi connectivity index (χ4v) is 5.06. The van der Waals surface area contributed by atoms with E-state index in [2.05, 4.69) is 38.2 Å². The number of aliphatic carboxylic acids is 1. The van der Waals surface area contributed by atoms with Crippen molar-refractivity contribution in [2.75, 3.05) is 0 Å². The van der Waals surface area contributed by atoms with Crippen LogP contribution in [0.25, 0.3) is 0 Å². The molecule has 0 saturated heterocycles. The van der Waals surface area contributed by atoms with Crippen molar-refractivity contribution in [2.45, 2.75) is 193 Å². The van der Waals surface area contributed by atoms with Gasteiger partial charge in [0.15, 0.2) is 0 Å². The first-order valence-electron chi connectivity index (χ1n) is 17.4. The molecule has 2 atom stereocenters. The second-order valence-electron chi connectivity index (χ2n) is 11.9. The molecule has 0 saturated carbocycles. The average Bonchev–Trinajstić information content (AvgIpc) is 2.95. The number of hydrogen-bond acceptors (Lipinski definition) is 4. The lowest BCUT2D eigenvalue weighted by molar-refractivity contribution is -0.149. The predicted molar refractivity (Wildman–Crippen MR) is 173 cm³/mol. The number of aliphatic hydroxyl groups excluding tert-OH is 1. The van der Waals surface area contributed by atoms with E-state index in [9.17, 15) is 14.7 Å². The zero-order valence-electron chi connectivity index (χ0n) is 27.0. The Balaban J connectivity index is 3.96. The van der Waals surface area contributed by atoms with Gasteiger partial charge in [0, 0.05) is 19.3 Å². The Morgan fingerprint density at radius 2 is 1.07 bits per heavy atom. The smallest absolute Gasteiger partial charge is 0.306 e. The highest BCUT2D eigenvalue weighted by Crippen LogP contribution is 2.16. The standard InChI is InChI=1S/C36H66O5/c1-3-5-7-21-27-33(37)28-22-17-13-9-12-16-20-26-32-36(40)41-34(29-23-8-6-4-2)30-24-18-14-10-11-15-19-25-31-35(38)39/h17-18,22,24,33-34,37H,3-16,19-21,23,25-32H2,1-2H3,(H,38,39)/b22-17-,24-18-/t33-,34-/m1/s1. The van der Waals surface area contributed by atoms with E-state index < -0.39 is 5.97 Å². The van der Waals surface area contributed by atoms with Crippen molar-refractivity contribution >= 4 is 11.9 Å². The zero-order valence-corrected chi connectivity index (χ0v) is 27.0. The van der Waals surface area contributed by atoms with Crippen LogP contribution in [0.3, 0.4) is 0 Å². The molecule has 0 aromatic heterocycles. The summed E-state index contributed by atoms with van der Waals surface area (Å²) in [5.41, 5.74) is 0. The van der Waals surface area contributed by atoms with Crippen molar-refractivity contribution in [1.29, 1.82) is 0 Å². The molecule has 240 valence electrons. The highest BCUT2D eigenvalue weighted by atomic mass is 16.5. The van der Waals surface area contributed by atoms with Gasteiger partial charge in [-0.1, -0.05) is 122 Å². The molecule has 41 heavy (non-hydrogen) atoms. The summed E-state index contributed by atoms with van der Waals surface area (Å²) in [6, 6.07) is 0. The molecule has 0 bridgehead atoms. The Bertz CT molecular complexity index is 642. The van der Waals surface area contributed by atoms with E-state index in [0.717, 1.165) is 103 Å². The van der Waals surface area contributed by atoms with E-state index >= 15 is 0 Å². The molecule has 0 fully saturated rings. The van der Waals surface area contributed by atoms with E-state index in [0.29, 0.717) is 6.42 Å². The molecule has 0 aromatic carbocycles. The molecular weight excluding hydrogens is 512 g/mol. The Morgan fingerprint density at radius 3 is 1.66 bits per heavy atom. The van der Waals surface area contributed by atoms with Crippen LogP contribution in [0.4, 0.5) is 0 Å². The van der Waals surface area contributed by atoms with Crippen molar-refractivity contribution in [3.63, 3.8) is 0 Å². The van der Waals surface area contributed by atoms with Crippen molar-refractivity contribution < 1.29 is 24.5 Å². The molecule has 0 aliphatic heterocycles. The highest BCUT2D eigenvalue weighted by molar-refractivity contribution is 5.69. The molecule has 0 aliphatic carbocycles. The van der Waals surface area contributed by atoms with E-state index in [1.165, 1.54) is 51.4 Å². The van der Waals surface area contributed by atoms with Crippen LogP contribution in [0, 0.1) is 0 Å². The average molecular weight is 579 g/mol. The quantitative estimate of drug-likeness (QED) is 0.0485. The maximum atomic E-state index is 12.5. The van der Waals surface area contributed by atoms with Crippen molar-refractivity contribution in [2.24, 2.45) is 0 Å². The lowest BCUT2D eigenvalue weighted by Gasteiger charge is -2.16. The molecule has 0 amide bonds. The van der Waals surface area contributed by atoms with Crippen LogP contribution in [0.15, 0.2) is 24.3 Å². The summed E-state index contributed by atoms with van der Waals surface area (Å²) >= 11 is 0. The number of carbonyl (C=O) groups is 2. The molecule has 2 N–H and O–H groups in total. The summed E-state index contributed by atoms with van der Waals surface area (Å²) < 4.78 is 5.88. The maximum absolute atomic E-state index is 12.5. The molecule has 5 nitrogen and oxygen atoms in total. The van der Waals surface area contributed by atoms with Gasteiger partial charge in [-0.2, -0.15) is 0 Å². The summed E-state index contributed by atoms with van der Waals surface area (Å²) in [7, 11) is 0. The third-order valence-electron chi connectivity index (χ3n) is 7.72. The lowest BCUT2D eigenvalue weighted by Crippen LogP contribution is -2.17. The molecule has 0 heterocycles. The second-order valence-corrected chi connectivity index (χ2v) is 11.9. The summed E-state index contributed by atoms with van der Waals surface area (Å²) in [5, 5.41) is 18.7. The van der Waals surface area contributed by atoms with Gasteiger partial charge >= 0.3 is 11.9 Å². The molecule has 0 aromatic rings. The second kappa shape index (κ2) is 31.3. The fraction of sp³-hybridized carbons (Fsp3) is 0.833. The largest absolute Gasteiger partial charge is 0.481 e. The third kappa shape index (κ3) is 31.2. The number of allylic oxidation sites excluding steroid dienone is 2. The SMILES string of the molecule is CCCCCC[C@@H](O)C/C=C\CCCCCCCC(=O)O[C@@H](C/C=C\CCCCCCCC(=O)O)CCCCCC. The maximum Gasteiger partial charge on any atom is 0.306 e. The lowest BCUT2D eigenvalue weighted by atomic mass is 10.1. The van der Waals surface area contributed by atoms with Crippen LogP contribution < -0.4 is 0 Å². The number of aliphatic hydroxyl groups is 1. The minimum atomic E-state index is -0.700. The summed E-state index contributed by atoms with van der Waals surface area (Å²) in [5.74, 6) is -0.745. The minimum absolute atomic E-state index is 0.00623. The van der Waals surface area contributed by atoms with Crippen molar-refractivity contribution in [1.82, 2.24) is 0 Å². The molecule has 5 heteroatoms. The topological polar surface area (TPSA) is 83.8 Å². The van der Waals surface area contributed by atoms with Crippen LogP contribution in [-0.2, 0) is 14.3 Å². The van der Waals surface area contributed by atoms with Crippen LogP contribution >= 0.6 is 0 Å². The molecule has 0 radical (unpaired) electrons. The number of carboxylic acid groups (broad SMARTS) is 1. The molecule has 0 rings (SSSR count). The van der Waals surface area contributed by atoms with Crippen molar-refractivity contribution in [3.05, 3.63) is 24.3 Å². The zero-order chi connectivity index (χ0) is 30.2. The number of hydrogen-bond donors (Lipinski definition) is 2. The monoisotopic (exact) mass is 578 g/mol. The summed E-state index contributed by atoms with van der Waals surface area (Å²) in [4.78, 5) is 23.0. The van der Waals surface area contributed by atoms with Gasteiger partial charge in [-0.05, 0) is 64.2 Å². The highest BCUT2D eigenvalue weighted by Gasteiger charge is 2.13. The van der Waals surface area contributed by atoms with Gasteiger partial charge in [0.1, 0.15) is 6.10 Å². The van der Waals surface area contributed by atoms with E-state index in [-0.39, 0.29) is 24.6 Å². The third-order valence-corrected chi connectivity index (χ3v) is 7.72. The van der Waals surface area contributed by atoms with Gasteiger partial charge in [-0.3, -0.25) is 9.59 Å². The first kappa shape index (κ1) is 39.4. The number of carboxylic acids is 1. The molecule has 0 aliphatic rings. The number of ether oxygens (including phenoxy) is 1. The normalized spacial score (nSPS) is 13.2. The number of unbranched alkanes of at least 4 members (excludes halogenated alkanes) is 16. The van der Waals surface area contributed by atoms with Gasteiger partial charge in [-0.15, -0.1) is 0 Å². The Morgan fingerprint density at radius 1 is 0.585 bits per heavy atom.